The molecule has 7 heteroatoms. The third-order valence-corrected chi connectivity index (χ3v) is 5.24. The highest BCUT2D eigenvalue weighted by Gasteiger charge is 2.25. The van der Waals surface area contributed by atoms with E-state index in [-0.39, 0.29) is 5.91 Å². The minimum atomic E-state index is -0.0384. The largest absolute Gasteiger partial charge is 0.492 e. The molecule has 0 saturated carbocycles. The highest BCUT2D eigenvalue weighted by Crippen LogP contribution is 2.29. The van der Waals surface area contributed by atoms with E-state index in [1.807, 2.05) is 54.3 Å². The van der Waals surface area contributed by atoms with Crippen LogP contribution in [0.2, 0.25) is 5.02 Å². The second-order valence-corrected chi connectivity index (χ2v) is 7.29. The van der Waals surface area contributed by atoms with Gasteiger partial charge in [0.25, 0.3) is 5.91 Å². The number of hydrogen-bond donors (Lipinski definition) is 1. The number of halogens is 1. The summed E-state index contributed by atoms with van der Waals surface area (Å²) in [4.78, 5) is 17.0. The van der Waals surface area contributed by atoms with Crippen LogP contribution in [0.15, 0.2) is 54.6 Å². The quantitative estimate of drug-likeness (QED) is 0.688. The molecular weight excluding hydrogens is 388 g/mol. The second kappa shape index (κ2) is 8.57. The topological polar surface area (TPSA) is 61.5 Å². The molecule has 0 radical (unpaired) electrons. The fourth-order valence-corrected chi connectivity index (χ4v) is 3.73. The van der Waals surface area contributed by atoms with Crippen LogP contribution in [0, 0.1) is 0 Å². The molecule has 29 heavy (non-hydrogen) atoms. The monoisotopic (exact) mass is 410 g/mol. The lowest BCUT2D eigenvalue weighted by molar-refractivity contribution is 0.0740. The second-order valence-electron chi connectivity index (χ2n) is 6.86. The molecule has 1 amide bonds. The van der Waals surface area contributed by atoms with Crippen LogP contribution in [0.3, 0.4) is 0 Å². The van der Waals surface area contributed by atoms with Crippen molar-refractivity contribution in [3.63, 3.8) is 0 Å². The molecule has 1 N–H and O–H groups in total. The summed E-state index contributed by atoms with van der Waals surface area (Å²) in [5.74, 6) is 0.845. The van der Waals surface area contributed by atoms with Crippen LogP contribution in [-0.4, -0.2) is 53.8 Å². The van der Waals surface area contributed by atoms with E-state index in [1.54, 1.807) is 6.07 Å². The van der Waals surface area contributed by atoms with Gasteiger partial charge in [0.05, 0.1) is 18.0 Å². The lowest BCUT2D eigenvalue weighted by atomic mass is 10.1. The van der Waals surface area contributed by atoms with Gasteiger partial charge in [-0.2, -0.15) is 5.10 Å². The maximum Gasteiger partial charge on any atom is 0.272 e. The van der Waals surface area contributed by atoms with Gasteiger partial charge in [0, 0.05) is 36.8 Å². The smallest absolute Gasteiger partial charge is 0.272 e. The number of amides is 1. The highest BCUT2D eigenvalue weighted by atomic mass is 35.5. The van der Waals surface area contributed by atoms with E-state index in [9.17, 15) is 4.79 Å². The van der Waals surface area contributed by atoms with E-state index in [0.717, 1.165) is 30.1 Å². The van der Waals surface area contributed by atoms with E-state index in [4.69, 9.17) is 16.3 Å². The third kappa shape index (κ3) is 4.22. The molecule has 1 aliphatic heterocycles. The Bertz CT molecular complexity index is 996. The van der Waals surface area contributed by atoms with Crippen LogP contribution >= 0.6 is 11.6 Å². The van der Waals surface area contributed by atoms with Crippen molar-refractivity contribution >= 4 is 23.2 Å². The number of anilines is 1. The van der Waals surface area contributed by atoms with Crippen LogP contribution in [0.25, 0.3) is 11.3 Å². The van der Waals surface area contributed by atoms with Gasteiger partial charge in [-0.3, -0.25) is 9.89 Å². The number of carbonyl (C=O) groups is 1. The van der Waals surface area contributed by atoms with Gasteiger partial charge in [0.15, 0.2) is 0 Å². The Kier molecular flexibility index (Phi) is 5.71. The Balaban J connectivity index is 1.42. The van der Waals surface area contributed by atoms with Gasteiger partial charge in [-0.25, -0.2) is 0 Å². The number of H-pyrrole nitrogens is 1. The molecule has 1 aliphatic rings. The van der Waals surface area contributed by atoms with Crippen LogP contribution in [0.4, 0.5) is 5.69 Å². The van der Waals surface area contributed by atoms with E-state index >= 15 is 0 Å². The first-order valence-electron chi connectivity index (χ1n) is 9.73. The van der Waals surface area contributed by atoms with Crippen molar-refractivity contribution in [1.82, 2.24) is 15.1 Å². The number of rotatable bonds is 5. The van der Waals surface area contributed by atoms with Crippen LogP contribution in [-0.2, 0) is 0 Å². The van der Waals surface area contributed by atoms with Crippen LogP contribution in [0.1, 0.15) is 17.4 Å². The number of carbonyl (C=O) groups excluding carboxylic acids is 1. The molecule has 3 aromatic rings. The normalized spacial score (nSPS) is 14.1. The first-order valence-corrected chi connectivity index (χ1v) is 10.1. The number of para-hydroxylation sites is 2. The van der Waals surface area contributed by atoms with Crippen LogP contribution in [0.5, 0.6) is 5.75 Å². The molecule has 1 saturated heterocycles. The van der Waals surface area contributed by atoms with E-state index in [0.29, 0.717) is 36.1 Å². The zero-order valence-electron chi connectivity index (χ0n) is 16.3. The lowest BCUT2D eigenvalue weighted by Crippen LogP contribution is -2.49. The van der Waals surface area contributed by atoms with E-state index in [2.05, 4.69) is 21.2 Å². The summed E-state index contributed by atoms with van der Waals surface area (Å²) >= 11 is 6.05. The summed E-state index contributed by atoms with van der Waals surface area (Å²) in [6, 6.07) is 17.3. The summed E-state index contributed by atoms with van der Waals surface area (Å²) in [7, 11) is 0. The predicted octanol–water partition coefficient (Wildman–Crippen LogP) is 4.09. The molecule has 1 fully saturated rings. The van der Waals surface area contributed by atoms with Gasteiger partial charge in [0.1, 0.15) is 11.4 Å². The molecule has 4 rings (SSSR count). The minimum Gasteiger partial charge on any atom is -0.492 e. The average molecular weight is 411 g/mol. The number of benzene rings is 2. The van der Waals surface area contributed by atoms with Gasteiger partial charge in [-0.05, 0) is 37.3 Å². The number of nitrogens with zero attached hydrogens (tertiary/aromatic N) is 3. The molecule has 6 nitrogen and oxygen atoms in total. The average Bonchev–Trinajstić information content (AvgIpc) is 3.24. The number of aromatic amines is 1. The van der Waals surface area contributed by atoms with Gasteiger partial charge in [-0.1, -0.05) is 35.9 Å². The summed E-state index contributed by atoms with van der Waals surface area (Å²) < 4.78 is 5.74. The molecule has 0 aliphatic carbocycles. The Morgan fingerprint density at radius 1 is 1.10 bits per heavy atom. The first kappa shape index (κ1) is 19.3. The molecule has 0 unspecified atom stereocenters. The third-order valence-electron chi connectivity index (χ3n) is 5.00. The van der Waals surface area contributed by atoms with Crippen molar-refractivity contribution in [2.45, 2.75) is 6.92 Å². The summed E-state index contributed by atoms with van der Waals surface area (Å²) in [6.07, 6.45) is 0. The standard InChI is InChI=1S/C22H23ClN4O2/c1-2-29-21-9-4-3-8-20(21)26-10-12-27(13-11-26)22(28)19-15-18(24-25-19)16-6-5-7-17(23)14-16/h3-9,14-15H,2,10-13H2,1H3,(H,24,25). The maximum absolute atomic E-state index is 12.9. The van der Waals surface area contributed by atoms with Crippen molar-refractivity contribution in [2.24, 2.45) is 0 Å². The SMILES string of the molecule is CCOc1ccccc1N1CCN(C(=O)c2cc(-c3cccc(Cl)c3)n[nH]2)CC1. The molecule has 1 aromatic heterocycles. The molecule has 2 heterocycles. The minimum absolute atomic E-state index is 0.0384. The van der Waals surface area contributed by atoms with Crippen molar-refractivity contribution in [3.8, 4) is 17.0 Å². The summed E-state index contributed by atoms with van der Waals surface area (Å²) in [5.41, 5.74) is 3.15. The summed E-state index contributed by atoms with van der Waals surface area (Å²) in [5, 5.41) is 7.79. The van der Waals surface area contributed by atoms with Crippen molar-refractivity contribution in [2.75, 3.05) is 37.7 Å². The Labute approximate surface area is 175 Å². The van der Waals surface area contributed by atoms with Crippen molar-refractivity contribution in [1.29, 1.82) is 0 Å². The molecule has 0 atom stereocenters. The van der Waals surface area contributed by atoms with Gasteiger partial charge >= 0.3 is 0 Å². The first-order chi connectivity index (χ1) is 14.2. The van der Waals surface area contributed by atoms with Gasteiger partial charge < -0.3 is 14.5 Å². The number of piperazine rings is 1. The fraction of sp³-hybridized carbons (Fsp3) is 0.273. The van der Waals surface area contributed by atoms with E-state index < -0.39 is 0 Å². The molecule has 0 bridgehead atoms. The van der Waals surface area contributed by atoms with Crippen molar-refractivity contribution in [3.05, 3.63) is 65.3 Å². The molecule has 0 spiro atoms. The predicted molar refractivity (Wildman–Crippen MR) is 115 cm³/mol. The van der Waals surface area contributed by atoms with Gasteiger partial charge in [0.2, 0.25) is 0 Å². The molecular formula is C22H23ClN4O2. The lowest BCUT2D eigenvalue weighted by Gasteiger charge is -2.36. The summed E-state index contributed by atoms with van der Waals surface area (Å²) in [6.45, 7) is 5.41. The number of ether oxygens (including phenoxy) is 1. The zero-order chi connectivity index (χ0) is 20.2. The molecule has 150 valence electrons. The van der Waals surface area contributed by atoms with E-state index in [1.165, 1.54) is 0 Å². The van der Waals surface area contributed by atoms with Crippen LogP contribution < -0.4 is 9.64 Å². The number of hydrogen-bond acceptors (Lipinski definition) is 4. The van der Waals surface area contributed by atoms with Crippen molar-refractivity contribution < 1.29 is 9.53 Å². The highest BCUT2D eigenvalue weighted by molar-refractivity contribution is 6.30. The zero-order valence-corrected chi connectivity index (χ0v) is 17.0. The Hall–Kier alpha value is -2.99. The fourth-order valence-electron chi connectivity index (χ4n) is 3.54. The maximum atomic E-state index is 12.9. The number of aromatic nitrogens is 2. The Morgan fingerprint density at radius 2 is 1.90 bits per heavy atom. The van der Waals surface area contributed by atoms with Gasteiger partial charge in [-0.15, -0.1) is 0 Å². The molecule has 2 aromatic carbocycles. The Morgan fingerprint density at radius 3 is 2.66 bits per heavy atom. The number of nitrogens with one attached hydrogen (secondary N) is 1.